The first-order chi connectivity index (χ1) is 18.5. The minimum Gasteiger partial charge on any atom is -0.485 e. The van der Waals surface area contributed by atoms with Crippen LogP contribution in [0.2, 0.25) is 5.02 Å². The van der Waals surface area contributed by atoms with Crippen LogP contribution in [0.3, 0.4) is 0 Å². The molecule has 0 radical (unpaired) electrons. The summed E-state index contributed by atoms with van der Waals surface area (Å²) in [6.45, 7) is -1.69. The van der Waals surface area contributed by atoms with Crippen molar-refractivity contribution in [3.63, 3.8) is 0 Å². The van der Waals surface area contributed by atoms with Crippen molar-refractivity contribution in [1.82, 2.24) is 19.1 Å². The molecule has 2 N–H and O–H groups in total. The van der Waals surface area contributed by atoms with Gasteiger partial charge in [0.05, 0.1) is 11.6 Å². The molecule has 0 saturated carbocycles. The number of alkyl halides is 6. The van der Waals surface area contributed by atoms with Crippen LogP contribution in [0.5, 0.6) is 11.5 Å². The van der Waals surface area contributed by atoms with Crippen LogP contribution in [0.15, 0.2) is 46.0 Å². The van der Waals surface area contributed by atoms with Gasteiger partial charge in [-0.05, 0) is 35.9 Å². The second-order valence-corrected chi connectivity index (χ2v) is 8.75. The molecule has 4 rings (SSSR count). The number of imidazole rings is 1. The van der Waals surface area contributed by atoms with Crippen molar-refractivity contribution in [3.8, 4) is 22.9 Å². The molecule has 0 aliphatic rings. The lowest BCUT2D eigenvalue weighted by Gasteiger charge is -2.15. The number of nitrogens with zero attached hydrogens (tertiary/aromatic N) is 3. The van der Waals surface area contributed by atoms with Gasteiger partial charge in [-0.1, -0.05) is 17.7 Å². The minimum atomic E-state index is -5.18. The fourth-order valence-electron chi connectivity index (χ4n) is 3.71. The first-order valence-corrected chi connectivity index (χ1v) is 11.3. The molecule has 4 aromatic rings. The molecule has 0 fully saturated rings. The van der Waals surface area contributed by atoms with Crippen molar-refractivity contribution in [2.24, 2.45) is 7.05 Å². The molecule has 2 heterocycles. The molecule has 0 aliphatic heterocycles. The smallest absolute Gasteiger partial charge is 0.485 e. The number of aromatic nitrogens is 4. The van der Waals surface area contributed by atoms with Crippen molar-refractivity contribution in [3.05, 3.63) is 73.6 Å². The van der Waals surface area contributed by atoms with Crippen LogP contribution in [-0.2, 0) is 20.2 Å². The number of hydrogen-bond acceptors (Lipinski definition) is 6. The summed E-state index contributed by atoms with van der Waals surface area (Å²) in [5.41, 5.74) is -3.17. The Morgan fingerprint density at radius 2 is 1.77 bits per heavy atom. The fraction of sp³-hybridized carbons (Fsp3) is 0.261. The molecular weight excluding hydrogens is 581 g/mol. The number of hydrogen-bond donors (Lipinski definition) is 2. The van der Waals surface area contributed by atoms with E-state index in [1.807, 2.05) is 4.98 Å². The van der Waals surface area contributed by atoms with Crippen molar-refractivity contribution < 1.29 is 45.3 Å². The zero-order valence-corrected chi connectivity index (χ0v) is 20.7. The van der Waals surface area contributed by atoms with Gasteiger partial charge in [0.15, 0.2) is 28.8 Å². The van der Waals surface area contributed by atoms with Crippen LogP contribution in [0.25, 0.3) is 22.6 Å². The summed E-state index contributed by atoms with van der Waals surface area (Å²) >= 11 is 5.61. The third kappa shape index (κ3) is 6.07. The number of benzene rings is 2. The largest absolute Gasteiger partial charge is 0.573 e. The van der Waals surface area contributed by atoms with Gasteiger partial charge in [0.1, 0.15) is 18.2 Å². The molecule has 1 atom stereocenters. The number of aryl methyl sites for hydroxylation is 1. The van der Waals surface area contributed by atoms with Crippen LogP contribution in [0.4, 0.5) is 30.7 Å². The van der Waals surface area contributed by atoms with Crippen molar-refractivity contribution >= 4 is 22.8 Å². The van der Waals surface area contributed by atoms with E-state index >= 15 is 0 Å². The van der Waals surface area contributed by atoms with Gasteiger partial charge >= 0.3 is 18.2 Å². The first-order valence-electron chi connectivity index (χ1n) is 11.0. The van der Waals surface area contributed by atoms with E-state index in [0.717, 1.165) is 22.8 Å². The lowest BCUT2D eigenvalue weighted by molar-refractivity contribution is -0.275. The van der Waals surface area contributed by atoms with Crippen molar-refractivity contribution in [2.45, 2.75) is 31.8 Å². The minimum absolute atomic E-state index is 0.113. The lowest BCUT2D eigenvalue weighted by Crippen LogP contribution is -2.39. The Labute approximate surface area is 223 Å². The van der Waals surface area contributed by atoms with Gasteiger partial charge in [-0.15, -0.1) is 13.2 Å². The second-order valence-electron chi connectivity index (χ2n) is 8.34. The van der Waals surface area contributed by atoms with Gasteiger partial charge < -0.3 is 19.1 Å². The van der Waals surface area contributed by atoms with E-state index in [-0.39, 0.29) is 28.6 Å². The number of halogens is 8. The Morgan fingerprint density at radius 3 is 2.40 bits per heavy atom. The highest BCUT2D eigenvalue weighted by Crippen LogP contribution is 2.37. The summed E-state index contributed by atoms with van der Waals surface area (Å²) in [5.74, 6) is -2.29. The highest BCUT2D eigenvalue weighted by molar-refractivity contribution is 6.30. The maximum Gasteiger partial charge on any atom is 0.573 e. The number of fused-ring (bicyclic) bond motifs is 1. The van der Waals surface area contributed by atoms with Crippen molar-refractivity contribution in [1.29, 1.82) is 0 Å². The Hall–Kier alpha value is -4.05. The molecular formula is C23H16ClF7N4O5. The summed E-state index contributed by atoms with van der Waals surface area (Å²) in [6, 6.07) is 6.75. The molecule has 0 spiro atoms. The normalized spacial score (nSPS) is 13.1. The summed E-state index contributed by atoms with van der Waals surface area (Å²) in [5, 5.41) is 9.27. The predicted octanol–water partition coefficient (Wildman–Crippen LogP) is 4.28. The van der Waals surface area contributed by atoms with E-state index < -0.39 is 64.9 Å². The molecule has 17 heteroatoms. The van der Waals surface area contributed by atoms with E-state index in [2.05, 4.69) is 9.72 Å². The van der Waals surface area contributed by atoms with Gasteiger partial charge in [0.25, 0.3) is 5.56 Å². The maximum absolute atomic E-state index is 13.7. The second kappa shape index (κ2) is 10.5. The third-order valence-electron chi connectivity index (χ3n) is 5.55. The van der Waals surface area contributed by atoms with Crippen molar-refractivity contribution in [2.75, 3.05) is 0 Å². The van der Waals surface area contributed by atoms with Gasteiger partial charge in [-0.2, -0.15) is 13.2 Å². The Bertz CT molecular complexity index is 1690. The maximum atomic E-state index is 13.7. The molecule has 9 nitrogen and oxygen atoms in total. The molecule has 214 valence electrons. The standard InChI is InChI=1S/C23H16ClF7N4O5/c1-34-17-19(35(21(38)33-20(17)37)8-16(36)22(26,27)28)32-18(34)11-3-5-14(15(7-11)40-23(29,30)31)39-9-10-2-4-12(24)13(25)6-10/h2-7,16,36H,8-9H2,1H3,(H,33,37,38). The molecule has 1 unspecified atom stereocenters. The van der Waals surface area contributed by atoms with E-state index in [9.17, 15) is 45.4 Å². The number of nitrogens with one attached hydrogen (secondary N) is 1. The number of rotatable bonds is 7. The zero-order chi connectivity index (χ0) is 29.6. The molecule has 0 saturated heterocycles. The van der Waals surface area contributed by atoms with Gasteiger partial charge in [0, 0.05) is 12.6 Å². The quantitative estimate of drug-likeness (QED) is 0.308. The average Bonchev–Trinajstić information content (AvgIpc) is 3.18. The highest BCUT2D eigenvalue weighted by Gasteiger charge is 2.39. The molecule has 0 bridgehead atoms. The number of aliphatic hydroxyl groups excluding tert-OH is 1. The third-order valence-corrected chi connectivity index (χ3v) is 5.86. The number of ether oxygens (including phenoxy) is 2. The summed E-state index contributed by atoms with van der Waals surface area (Å²) < 4.78 is 103. The Morgan fingerprint density at radius 1 is 1.07 bits per heavy atom. The van der Waals surface area contributed by atoms with E-state index in [1.165, 1.54) is 25.2 Å². The number of aromatic amines is 1. The van der Waals surface area contributed by atoms with Crippen LogP contribution < -0.4 is 20.7 Å². The molecule has 0 aliphatic carbocycles. The fourth-order valence-corrected chi connectivity index (χ4v) is 3.83. The SMILES string of the molecule is Cn1c(-c2ccc(OCc3ccc(Cl)c(F)c3)c(OC(F)(F)F)c2)nc2c1c(=O)[nH]c(=O)n2CC(O)C(F)(F)F. The monoisotopic (exact) mass is 596 g/mol. The zero-order valence-electron chi connectivity index (χ0n) is 19.9. The summed E-state index contributed by atoms with van der Waals surface area (Å²) in [7, 11) is 1.23. The summed E-state index contributed by atoms with van der Waals surface area (Å²) in [4.78, 5) is 30.5. The van der Waals surface area contributed by atoms with Crippen LogP contribution in [0, 0.1) is 5.82 Å². The number of H-pyrrole nitrogens is 1. The topological polar surface area (TPSA) is 111 Å². The van der Waals surface area contributed by atoms with E-state index in [4.69, 9.17) is 16.3 Å². The molecule has 2 aromatic carbocycles. The van der Waals surface area contributed by atoms with Crippen LogP contribution >= 0.6 is 11.6 Å². The summed E-state index contributed by atoms with van der Waals surface area (Å²) in [6.07, 6.45) is -13.3. The lowest BCUT2D eigenvalue weighted by atomic mass is 10.2. The van der Waals surface area contributed by atoms with Crippen LogP contribution in [-0.4, -0.2) is 42.9 Å². The number of aliphatic hydroxyl groups is 1. The van der Waals surface area contributed by atoms with E-state index in [0.29, 0.717) is 4.57 Å². The van der Waals surface area contributed by atoms with Crippen LogP contribution in [0.1, 0.15) is 5.56 Å². The predicted molar refractivity (Wildman–Crippen MR) is 126 cm³/mol. The van der Waals surface area contributed by atoms with Gasteiger partial charge in [-0.3, -0.25) is 14.3 Å². The Kier molecular flexibility index (Phi) is 7.60. The van der Waals surface area contributed by atoms with Gasteiger partial charge in [-0.25, -0.2) is 14.2 Å². The highest BCUT2D eigenvalue weighted by atomic mass is 35.5. The Balaban J connectivity index is 1.78. The molecule has 0 amide bonds. The molecule has 2 aromatic heterocycles. The van der Waals surface area contributed by atoms with Gasteiger partial charge in [0.2, 0.25) is 0 Å². The first kappa shape index (κ1) is 28.9. The average molecular weight is 597 g/mol. The van der Waals surface area contributed by atoms with E-state index in [1.54, 1.807) is 0 Å². The molecule has 40 heavy (non-hydrogen) atoms.